The molecule has 0 aliphatic heterocycles. The van der Waals surface area contributed by atoms with Crippen LogP contribution < -0.4 is 0 Å². The molecule has 1 N–H and O–H groups in total. The molecule has 1 rings (SSSR count). The third-order valence-corrected chi connectivity index (χ3v) is 5.00. The molecular formula is C19H36N2. The molecule has 21 heavy (non-hydrogen) atoms. The first-order valence-electron chi connectivity index (χ1n) is 8.80. The van der Waals surface area contributed by atoms with Crippen molar-refractivity contribution in [3.05, 3.63) is 17.2 Å². The van der Waals surface area contributed by atoms with Gasteiger partial charge in [-0.1, -0.05) is 68.2 Å². The van der Waals surface area contributed by atoms with Gasteiger partial charge < -0.3 is 4.98 Å². The van der Waals surface area contributed by atoms with Crippen molar-refractivity contribution >= 4 is 0 Å². The van der Waals surface area contributed by atoms with E-state index >= 15 is 0 Å². The molecule has 0 amide bonds. The van der Waals surface area contributed by atoms with Crippen LogP contribution in [-0.2, 0) is 10.8 Å². The first-order valence-corrected chi connectivity index (χ1v) is 8.80. The van der Waals surface area contributed by atoms with E-state index in [-0.39, 0.29) is 10.8 Å². The molecule has 0 aliphatic carbocycles. The maximum atomic E-state index is 5.06. The van der Waals surface area contributed by atoms with Gasteiger partial charge in [0.05, 0.1) is 5.69 Å². The predicted octanol–water partition coefficient (Wildman–Crippen LogP) is 6.08. The van der Waals surface area contributed by atoms with Crippen LogP contribution in [0.15, 0.2) is 0 Å². The van der Waals surface area contributed by atoms with Crippen LogP contribution in [0.2, 0.25) is 0 Å². The summed E-state index contributed by atoms with van der Waals surface area (Å²) < 4.78 is 0. The van der Waals surface area contributed by atoms with Crippen molar-refractivity contribution in [3.8, 4) is 0 Å². The molecule has 1 aromatic heterocycles. The number of nitrogens with zero attached hydrogens (tertiary/aromatic N) is 1. The molecule has 2 nitrogen and oxygen atoms in total. The zero-order valence-electron chi connectivity index (χ0n) is 15.6. The Balaban J connectivity index is 3.32. The fraction of sp³-hybridized carbons (Fsp3) is 0.842. The molecule has 0 saturated carbocycles. The SMILES string of the molecule is CCCC(C)c1nc(C(C)(C)CC)[nH]c1C(C)(C)CCC. The number of nitrogens with one attached hydrogen (secondary N) is 1. The molecule has 0 bridgehead atoms. The summed E-state index contributed by atoms with van der Waals surface area (Å²) >= 11 is 0. The van der Waals surface area contributed by atoms with Gasteiger partial charge in [0, 0.05) is 22.4 Å². The molecule has 122 valence electrons. The van der Waals surface area contributed by atoms with Gasteiger partial charge >= 0.3 is 0 Å². The summed E-state index contributed by atoms with van der Waals surface area (Å²) in [5.74, 6) is 1.71. The quantitative estimate of drug-likeness (QED) is 0.618. The Bertz CT molecular complexity index is 440. The monoisotopic (exact) mass is 292 g/mol. The maximum Gasteiger partial charge on any atom is 0.112 e. The predicted molar refractivity (Wildman–Crippen MR) is 93.2 cm³/mol. The van der Waals surface area contributed by atoms with Crippen molar-refractivity contribution in [2.24, 2.45) is 0 Å². The summed E-state index contributed by atoms with van der Waals surface area (Å²) in [5, 5.41) is 0. The van der Waals surface area contributed by atoms with Gasteiger partial charge in [-0.15, -0.1) is 0 Å². The van der Waals surface area contributed by atoms with E-state index in [4.69, 9.17) is 4.98 Å². The molecule has 1 aromatic rings. The molecule has 1 unspecified atom stereocenters. The smallest absolute Gasteiger partial charge is 0.112 e. The van der Waals surface area contributed by atoms with Gasteiger partial charge in [0.15, 0.2) is 0 Å². The number of rotatable bonds is 8. The average Bonchev–Trinajstić information content (AvgIpc) is 2.85. The highest BCUT2D eigenvalue weighted by Gasteiger charge is 2.31. The lowest BCUT2D eigenvalue weighted by atomic mass is 9.81. The fourth-order valence-electron chi connectivity index (χ4n) is 3.07. The topological polar surface area (TPSA) is 28.7 Å². The summed E-state index contributed by atoms with van der Waals surface area (Å²) in [7, 11) is 0. The van der Waals surface area contributed by atoms with E-state index in [1.54, 1.807) is 0 Å². The molecule has 0 fully saturated rings. The summed E-state index contributed by atoms with van der Waals surface area (Å²) in [5.41, 5.74) is 3.00. The Morgan fingerprint density at radius 2 is 1.62 bits per heavy atom. The van der Waals surface area contributed by atoms with E-state index in [9.17, 15) is 0 Å². The second-order valence-corrected chi connectivity index (χ2v) is 7.91. The van der Waals surface area contributed by atoms with Gasteiger partial charge in [-0.05, 0) is 19.3 Å². The minimum atomic E-state index is 0.126. The lowest BCUT2D eigenvalue weighted by molar-refractivity contribution is 0.444. The Kier molecular flexibility index (Phi) is 6.07. The van der Waals surface area contributed by atoms with Crippen LogP contribution in [-0.4, -0.2) is 9.97 Å². The van der Waals surface area contributed by atoms with Crippen molar-refractivity contribution in [3.63, 3.8) is 0 Å². The van der Waals surface area contributed by atoms with E-state index in [0.717, 1.165) is 6.42 Å². The number of hydrogen-bond acceptors (Lipinski definition) is 1. The molecule has 1 atom stereocenters. The van der Waals surface area contributed by atoms with Crippen LogP contribution in [0.25, 0.3) is 0 Å². The van der Waals surface area contributed by atoms with E-state index in [0.29, 0.717) is 5.92 Å². The zero-order chi connectivity index (χ0) is 16.3. The molecule has 0 radical (unpaired) electrons. The van der Waals surface area contributed by atoms with Crippen LogP contribution in [0, 0.1) is 0 Å². The Morgan fingerprint density at radius 3 is 2.10 bits per heavy atom. The number of H-pyrrole nitrogens is 1. The number of imidazole rings is 1. The normalized spacial score (nSPS) is 14.5. The van der Waals surface area contributed by atoms with Crippen LogP contribution >= 0.6 is 0 Å². The van der Waals surface area contributed by atoms with E-state index in [1.807, 2.05) is 0 Å². The summed E-state index contributed by atoms with van der Waals surface area (Å²) in [4.78, 5) is 8.79. The number of hydrogen-bond donors (Lipinski definition) is 1. The number of aromatic nitrogens is 2. The second-order valence-electron chi connectivity index (χ2n) is 7.91. The van der Waals surface area contributed by atoms with Crippen molar-refractivity contribution in [1.82, 2.24) is 9.97 Å². The Hall–Kier alpha value is -0.790. The lowest BCUT2D eigenvalue weighted by Gasteiger charge is -2.26. The van der Waals surface area contributed by atoms with Gasteiger partial charge in [-0.2, -0.15) is 0 Å². The Morgan fingerprint density at radius 1 is 1.00 bits per heavy atom. The highest BCUT2D eigenvalue weighted by atomic mass is 15.0. The lowest BCUT2D eigenvalue weighted by Crippen LogP contribution is -2.21. The van der Waals surface area contributed by atoms with Crippen molar-refractivity contribution in [2.75, 3.05) is 0 Å². The van der Waals surface area contributed by atoms with Crippen LogP contribution in [0.4, 0.5) is 0 Å². The summed E-state index contributed by atoms with van der Waals surface area (Å²) in [6.45, 7) is 18.4. The molecule has 0 aromatic carbocycles. The second kappa shape index (κ2) is 6.98. The first kappa shape index (κ1) is 18.3. The van der Waals surface area contributed by atoms with E-state index in [2.05, 4.69) is 60.4 Å². The van der Waals surface area contributed by atoms with Crippen molar-refractivity contribution < 1.29 is 0 Å². The molecule has 0 spiro atoms. The molecule has 0 saturated heterocycles. The standard InChI is InChI=1S/C19H36N2/c1-9-12-14(4)15-16(19(7,8)13-10-2)21-17(20-15)18(5,6)11-3/h14H,9-13H2,1-8H3,(H,20,21). The molecule has 1 heterocycles. The fourth-order valence-corrected chi connectivity index (χ4v) is 3.07. The van der Waals surface area contributed by atoms with Crippen LogP contribution in [0.5, 0.6) is 0 Å². The van der Waals surface area contributed by atoms with E-state index < -0.39 is 0 Å². The minimum absolute atomic E-state index is 0.126. The van der Waals surface area contributed by atoms with Crippen molar-refractivity contribution in [2.45, 2.75) is 104 Å². The van der Waals surface area contributed by atoms with Gasteiger partial charge in [-0.25, -0.2) is 4.98 Å². The zero-order valence-corrected chi connectivity index (χ0v) is 15.6. The maximum absolute atomic E-state index is 5.06. The molecule has 0 aliphatic rings. The third-order valence-electron chi connectivity index (χ3n) is 5.00. The van der Waals surface area contributed by atoms with Crippen LogP contribution in [0.1, 0.15) is 111 Å². The number of aromatic amines is 1. The highest BCUT2D eigenvalue weighted by Crippen LogP contribution is 2.37. The van der Waals surface area contributed by atoms with E-state index in [1.165, 1.54) is 42.9 Å². The molecule has 2 heteroatoms. The van der Waals surface area contributed by atoms with Gasteiger partial charge in [0.1, 0.15) is 5.82 Å². The summed E-state index contributed by atoms with van der Waals surface area (Å²) in [6.07, 6.45) is 5.95. The minimum Gasteiger partial charge on any atom is -0.345 e. The summed E-state index contributed by atoms with van der Waals surface area (Å²) in [6, 6.07) is 0. The third kappa shape index (κ3) is 4.11. The van der Waals surface area contributed by atoms with Gasteiger partial charge in [0.25, 0.3) is 0 Å². The van der Waals surface area contributed by atoms with Crippen LogP contribution in [0.3, 0.4) is 0 Å². The largest absolute Gasteiger partial charge is 0.345 e. The molecular weight excluding hydrogens is 256 g/mol. The first-order chi connectivity index (χ1) is 9.69. The Labute approximate surface area is 132 Å². The van der Waals surface area contributed by atoms with Gasteiger partial charge in [-0.3, -0.25) is 0 Å². The average molecular weight is 293 g/mol. The van der Waals surface area contributed by atoms with Gasteiger partial charge in [0.2, 0.25) is 0 Å². The van der Waals surface area contributed by atoms with Crippen molar-refractivity contribution in [1.29, 1.82) is 0 Å². The highest BCUT2D eigenvalue weighted by molar-refractivity contribution is 5.28.